The molecule has 0 amide bonds. The first-order valence-corrected chi connectivity index (χ1v) is 5.09. The van der Waals surface area contributed by atoms with E-state index in [2.05, 4.69) is 18.0 Å². The molecule has 0 aliphatic carbocycles. The molecule has 0 saturated heterocycles. The number of hydrogen-bond donors (Lipinski definition) is 1. The van der Waals surface area contributed by atoms with Crippen molar-refractivity contribution in [2.24, 2.45) is 0 Å². The summed E-state index contributed by atoms with van der Waals surface area (Å²) in [5.74, 6) is 0. The van der Waals surface area contributed by atoms with Crippen LogP contribution in [0.2, 0.25) is 5.02 Å². The van der Waals surface area contributed by atoms with Gasteiger partial charge < -0.3 is 5.32 Å². The van der Waals surface area contributed by atoms with Gasteiger partial charge in [0.05, 0.1) is 11.3 Å². The Hall–Kier alpha value is -1.46. The monoisotopic (exact) mass is 220 g/mol. The first kappa shape index (κ1) is 11.6. The maximum Gasteiger partial charge on any atom is 0.101 e. The summed E-state index contributed by atoms with van der Waals surface area (Å²) in [6.07, 6.45) is 0.886. The van der Waals surface area contributed by atoms with Crippen LogP contribution in [0.25, 0.3) is 0 Å². The van der Waals surface area contributed by atoms with Crippen molar-refractivity contribution in [2.45, 2.75) is 13.3 Å². The van der Waals surface area contributed by atoms with E-state index >= 15 is 0 Å². The summed E-state index contributed by atoms with van der Waals surface area (Å²) in [5.41, 5.74) is 2.51. The summed E-state index contributed by atoms with van der Waals surface area (Å²) in [7, 11) is 0. The Balaban J connectivity index is 2.71. The lowest BCUT2D eigenvalue weighted by Crippen LogP contribution is -2.03. The number of anilines is 1. The highest BCUT2D eigenvalue weighted by Crippen LogP contribution is 2.20. The van der Waals surface area contributed by atoms with Crippen LogP contribution in [0.1, 0.15) is 18.9 Å². The maximum atomic E-state index is 8.87. The van der Waals surface area contributed by atoms with Crippen LogP contribution in [0.3, 0.4) is 0 Å². The van der Waals surface area contributed by atoms with Crippen molar-refractivity contribution in [3.63, 3.8) is 0 Å². The fraction of sp³-hybridized carbons (Fsp3) is 0.250. The van der Waals surface area contributed by atoms with Gasteiger partial charge in [0.25, 0.3) is 0 Å². The van der Waals surface area contributed by atoms with Crippen molar-refractivity contribution in [2.75, 3.05) is 11.9 Å². The van der Waals surface area contributed by atoms with Crippen LogP contribution >= 0.6 is 11.6 Å². The minimum absolute atomic E-state index is 0.612. The van der Waals surface area contributed by atoms with Crippen molar-refractivity contribution in [3.05, 3.63) is 40.9 Å². The predicted octanol–water partition coefficient (Wildman–Crippen LogP) is 3.59. The van der Waals surface area contributed by atoms with Crippen LogP contribution < -0.4 is 5.32 Å². The summed E-state index contributed by atoms with van der Waals surface area (Å²) >= 11 is 5.85. The number of nitriles is 1. The van der Waals surface area contributed by atoms with Gasteiger partial charge in [-0.25, -0.2) is 0 Å². The third-order valence-corrected chi connectivity index (χ3v) is 2.20. The van der Waals surface area contributed by atoms with E-state index < -0.39 is 0 Å². The number of rotatable bonds is 4. The molecule has 1 N–H and O–H groups in total. The van der Waals surface area contributed by atoms with Crippen LogP contribution in [0, 0.1) is 11.3 Å². The highest BCUT2D eigenvalue weighted by atomic mass is 35.5. The van der Waals surface area contributed by atoms with Gasteiger partial charge in [0, 0.05) is 11.6 Å². The third-order valence-electron chi connectivity index (χ3n) is 1.97. The molecule has 0 fully saturated rings. The van der Waals surface area contributed by atoms with Gasteiger partial charge in [-0.3, -0.25) is 0 Å². The van der Waals surface area contributed by atoms with E-state index in [4.69, 9.17) is 16.9 Å². The molecule has 0 spiro atoms. The predicted molar refractivity (Wildman–Crippen MR) is 64.1 cm³/mol. The van der Waals surface area contributed by atoms with Gasteiger partial charge in [-0.1, -0.05) is 17.2 Å². The van der Waals surface area contributed by atoms with Crippen molar-refractivity contribution < 1.29 is 0 Å². The second kappa shape index (κ2) is 5.43. The molecule has 1 aromatic carbocycles. The molecule has 0 saturated carbocycles. The standard InChI is InChI=1S/C12H13ClN2/c1-9(2)5-6-15-12-7-11(13)4-3-10(12)8-14/h3-4,7,15H,1,5-6H2,2H3. The van der Waals surface area contributed by atoms with Crippen molar-refractivity contribution in [1.82, 2.24) is 0 Å². The van der Waals surface area contributed by atoms with E-state index in [1.54, 1.807) is 18.2 Å². The molecule has 0 aliphatic rings. The van der Waals surface area contributed by atoms with Crippen LogP contribution in [-0.4, -0.2) is 6.54 Å². The molecule has 1 aromatic rings. The van der Waals surface area contributed by atoms with Crippen LogP contribution in [-0.2, 0) is 0 Å². The Morgan fingerprint density at radius 1 is 1.60 bits per heavy atom. The summed E-state index contributed by atoms with van der Waals surface area (Å²) in [6.45, 7) is 6.56. The zero-order valence-electron chi connectivity index (χ0n) is 8.68. The maximum absolute atomic E-state index is 8.87. The SMILES string of the molecule is C=C(C)CCNc1cc(Cl)ccc1C#N. The average Bonchev–Trinajstić information content (AvgIpc) is 2.17. The zero-order chi connectivity index (χ0) is 11.3. The third kappa shape index (κ3) is 3.65. The molecule has 78 valence electrons. The van der Waals surface area contributed by atoms with Crippen molar-refractivity contribution >= 4 is 17.3 Å². The van der Waals surface area contributed by atoms with Gasteiger partial charge >= 0.3 is 0 Å². The Bertz CT molecular complexity index is 405. The topological polar surface area (TPSA) is 35.8 Å². The molecule has 0 heterocycles. The lowest BCUT2D eigenvalue weighted by atomic mass is 10.2. The van der Waals surface area contributed by atoms with Gasteiger partial charge in [-0.15, -0.1) is 6.58 Å². The molecule has 15 heavy (non-hydrogen) atoms. The summed E-state index contributed by atoms with van der Waals surface area (Å²) < 4.78 is 0. The van der Waals surface area contributed by atoms with Gasteiger partial charge in [0.1, 0.15) is 6.07 Å². The molecule has 0 aromatic heterocycles. The number of benzene rings is 1. The molecule has 0 bridgehead atoms. The minimum atomic E-state index is 0.612. The Morgan fingerprint density at radius 2 is 2.33 bits per heavy atom. The van der Waals surface area contributed by atoms with Gasteiger partial charge in [-0.05, 0) is 31.5 Å². The molecule has 0 atom stereocenters. The molecular formula is C12H13ClN2. The number of nitrogens with zero attached hydrogens (tertiary/aromatic N) is 1. The molecule has 0 radical (unpaired) electrons. The summed E-state index contributed by atoms with van der Waals surface area (Å²) in [6, 6.07) is 7.31. The molecule has 3 heteroatoms. The Morgan fingerprint density at radius 3 is 2.93 bits per heavy atom. The molecule has 0 aliphatic heterocycles. The molecule has 0 unspecified atom stereocenters. The molecular weight excluding hydrogens is 208 g/mol. The van der Waals surface area contributed by atoms with Gasteiger partial charge in [-0.2, -0.15) is 5.26 Å². The van der Waals surface area contributed by atoms with E-state index in [1.807, 2.05) is 6.92 Å². The lowest BCUT2D eigenvalue weighted by molar-refractivity contribution is 1.00. The quantitative estimate of drug-likeness (QED) is 0.788. The van der Waals surface area contributed by atoms with Crippen molar-refractivity contribution in [1.29, 1.82) is 5.26 Å². The van der Waals surface area contributed by atoms with Crippen LogP contribution in [0.4, 0.5) is 5.69 Å². The fourth-order valence-electron chi connectivity index (χ4n) is 1.17. The number of nitrogens with one attached hydrogen (secondary N) is 1. The van der Waals surface area contributed by atoms with Gasteiger partial charge in [0.2, 0.25) is 0 Å². The van der Waals surface area contributed by atoms with E-state index in [1.165, 1.54) is 0 Å². The van der Waals surface area contributed by atoms with E-state index in [0.717, 1.165) is 24.2 Å². The lowest BCUT2D eigenvalue weighted by Gasteiger charge is -2.08. The molecule has 2 nitrogen and oxygen atoms in total. The zero-order valence-corrected chi connectivity index (χ0v) is 9.43. The molecule has 1 rings (SSSR count). The van der Waals surface area contributed by atoms with E-state index in [9.17, 15) is 0 Å². The second-order valence-electron chi connectivity index (χ2n) is 3.44. The van der Waals surface area contributed by atoms with Gasteiger partial charge in [0.15, 0.2) is 0 Å². The highest BCUT2D eigenvalue weighted by Gasteiger charge is 2.01. The van der Waals surface area contributed by atoms with Crippen LogP contribution in [0.15, 0.2) is 30.4 Å². The highest BCUT2D eigenvalue weighted by molar-refractivity contribution is 6.30. The summed E-state index contributed by atoms with van der Waals surface area (Å²) in [5, 5.41) is 12.7. The smallest absolute Gasteiger partial charge is 0.101 e. The first-order valence-electron chi connectivity index (χ1n) is 4.71. The van der Waals surface area contributed by atoms with Crippen LogP contribution in [0.5, 0.6) is 0 Å². The fourth-order valence-corrected chi connectivity index (χ4v) is 1.34. The van der Waals surface area contributed by atoms with E-state index in [-0.39, 0.29) is 0 Å². The first-order chi connectivity index (χ1) is 7.13. The average molecular weight is 221 g/mol. The number of halogens is 1. The largest absolute Gasteiger partial charge is 0.384 e. The van der Waals surface area contributed by atoms with E-state index in [0.29, 0.717) is 10.6 Å². The second-order valence-corrected chi connectivity index (χ2v) is 3.87. The minimum Gasteiger partial charge on any atom is -0.384 e. The van der Waals surface area contributed by atoms with Crippen molar-refractivity contribution in [3.8, 4) is 6.07 Å². The Labute approximate surface area is 95.2 Å². The Kier molecular flexibility index (Phi) is 4.20. The number of hydrogen-bond acceptors (Lipinski definition) is 2. The summed E-state index contributed by atoms with van der Waals surface area (Å²) in [4.78, 5) is 0. The normalized spacial score (nSPS) is 9.40.